The number of hydrogen-bond acceptors (Lipinski definition) is 5. The Balaban J connectivity index is 1.57. The molecular weight excluding hydrogens is 378 g/mol. The summed E-state index contributed by atoms with van der Waals surface area (Å²) in [5.41, 5.74) is 2.11. The first kappa shape index (κ1) is 19.8. The highest BCUT2D eigenvalue weighted by Crippen LogP contribution is 2.20. The molecule has 0 spiro atoms. The van der Waals surface area contributed by atoms with Gasteiger partial charge in [-0.15, -0.1) is 0 Å². The maximum atomic E-state index is 12.6. The van der Waals surface area contributed by atoms with Gasteiger partial charge in [-0.2, -0.15) is 0 Å². The predicted molar refractivity (Wildman–Crippen MR) is 107 cm³/mol. The van der Waals surface area contributed by atoms with E-state index in [1.165, 1.54) is 11.8 Å². The van der Waals surface area contributed by atoms with Crippen molar-refractivity contribution in [3.8, 4) is 5.75 Å². The standard InChI is InChI=1S/C20H21N3O4S/c1-28-20-22-18(16-5-2-3-11-23(16)20)19(26)21-13-14-7-9-15(10-8-14)27-12-4-6-17(24)25/h2-3,5,7-11H,4,6,12-13H2,1H3,(H,21,26)(H,24,25). The number of carbonyl (C=O) groups excluding carboxylic acids is 1. The lowest BCUT2D eigenvalue weighted by molar-refractivity contribution is -0.137. The number of aliphatic carboxylic acids is 1. The van der Waals surface area contributed by atoms with Crippen molar-refractivity contribution in [1.29, 1.82) is 0 Å². The van der Waals surface area contributed by atoms with Crippen LogP contribution in [0.4, 0.5) is 0 Å². The smallest absolute Gasteiger partial charge is 0.303 e. The Kier molecular flexibility index (Phi) is 6.54. The fourth-order valence-electron chi connectivity index (χ4n) is 2.70. The predicted octanol–water partition coefficient (Wildman–Crippen LogP) is 3.23. The number of carbonyl (C=O) groups is 2. The van der Waals surface area contributed by atoms with Gasteiger partial charge in [0.25, 0.3) is 5.91 Å². The molecule has 1 aromatic carbocycles. The fourth-order valence-corrected chi connectivity index (χ4v) is 3.24. The van der Waals surface area contributed by atoms with Gasteiger partial charge in [-0.25, -0.2) is 4.98 Å². The number of carboxylic acids is 1. The van der Waals surface area contributed by atoms with E-state index in [2.05, 4.69) is 10.3 Å². The monoisotopic (exact) mass is 399 g/mol. The molecular formula is C20H21N3O4S. The summed E-state index contributed by atoms with van der Waals surface area (Å²) >= 11 is 1.49. The van der Waals surface area contributed by atoms with E-state index in [4.69, 9.17) is 9.84 Å². The number of benzene rings is 1. The largest absolute Gasteiger partial charge is 0.494 e. The molecule has 1 amide bonds. The first-order valence-corrected chi connectivity index (χ1v) is 10.0. The zero-order chi connectivity index (χ0) is 19.9. The Morgan fingerprint density at radius 1 is 1.21 bits per heavy atom. The van der Waals surface area contributed by atoms with E-state index >= 15 is 0 Å². The summed E-state index contributed by atoms with van der Waals surface area (Å²) in [6, 6.07) is 13.0. The molecule has 0 radical (unpaired) electrons. The van der Waals surface area contributed by atoms with Gasteiger partial charge in [0.2, 0.25) is 0 Å². The SMILES string of the molecule is CSc1nc(C(=O)NCc2ccc(OCCCC(=O)O)cc2)c2ccccn12. The quantitative estimate of drug-likeness (QED) is 0.424. The van der Waals surface area contributed by atoms with Crippen molar-refractivity contribution in [1.82, 2.24) is 14.7 Å². The van der Waals surface area contributed by atoms with Crippen LogP contribution in [0.2, 0.25) is 0 Å². The van der Waals surface area contributed by atoms with Crippen LogP contribution in [0, 0.1) is 0 Å². The highest BCUT2D eigenvalue weighted by atomic mass is 32.2. The Morgan fingerprint density at radius 3 is 2.71 bits per heavy atom. The molecule has 2 N–H and O–H groups in total. The van der Waals surface area contributed by atoms with Gasteiger partial charge in [0.05, 0.1) is 12.1 Å². The Bertz CT molecular complexity index is 969. The summed E-state index contributed by atoms with van der Waals surface area (Å²) in [6.45, 7) is 0.728. The lowest BCUT2D eigenvalue weighted by atomic mass is 10.2. The van der Waals surface area contributed by atoms with Gasteiger partial charge in [0.15, 0.2) is 10.9 Å². The van der Waals surface area contributed by atoms with E-state index in [1.807, 2.05) is 47.2 Å². The normalized spacial score (nSPS) is 10.8. The average molecular weight is 399 g/mol. The van der Waals surface area contributed by atoms with Crippen molar-refractivity contribution in [3.63, 3.8) is 0 Å². The minimum atomic E-state index is -0.829. The van der Waals surface area contributed by atoms with E-state index < -0.39 is 5.97 Å². The molecule has 0 atom stereocenters. The Labute approximate surface area is 166 Å². The summed E-state index contributed by atoms with van der Waals surface area (Å²) < 4.78 is 7.40. The van der Waals surface area contributed by atoms with Crippen LogP contribution >= 0.6 is 11.8 Å². The number of carboxylic acid groups (broad SMARTS) is 1. The van der Waals surface area contributed by atoms with Crippen molar-refractivity contribution in [3.05, 3.63) is 59.9 Å². The second-order valence-corrected chi connectivity index (χ2v) is 6.85. The lowest BCUT2D eigenvalue weighted by Gasteiger charge is -2.07. The first-order valence-electron chi connectivity index (χ1n) is 8.81. The topological polar surface area (TPSA) is 92.9 Å². The van der Waals surface area contributed by atoms with Gasteiger partial charge < -0.3 is 15.2 Å². The Morgan fingerprint density at radius 2 is 2.00 bits per heavy atom. The van der Waals surface area contributed by atoms with E-state index in [-0.39, 0.29) is 12.3 Å². The number of nitrogens with one attached hydrogen (secondary N) is 1. The number of ether oxygens (including phenoxy) is 1. The van der Waals surface area contributed by atoms with Gasteiger partial charge in [-0.3, -0.25) is 14.0 Å². The highest BCUT2D eigenvalue weighted by molar-refractivity contribution is 7.98. The molecule has 0 bridgehead atoms. The van der Waals surface area contributed by atoms with Crippen LogP contribution in [0.1, 0.15) is 28.9 Å². The third kappa shape index (κ3) is 4.83. The third-order valence-corrected chi connectivity index (χ3v) is 4.75. The minimum absolute atomic E-state index is 0.0884. The summed E-state index contributed by atoms with van der Waals surface area (Å²) in [5.74, 6) is -0.381. The number of pyridine rings is 1. The number of nitrogens with zero attached hydrogens (tertiary/aromatic N) is 2. The highest BCUT2D eigenvalue weighted by Gasteiger charge is 2.16. The summed E-state index contributed by atoms with van der Waals surface area (Å²) in [6.07, 6.45) is 4.36. The molecule has 0 aliphatic heterocycles. The lowest BCUT2D eigenvalue weighted by Crippen LogP contribution is -2.23. The van der Waals surface area contributed by atoms with E-state index in [1.54, 1.807) is 12.1 Å². The summed E-state index contributed by atoms with van der Waals surface area (Å²) in [5, 5.41) is 12.3. The average Bonchev–Trinajstić information content (AvgIpc) is 3.09. The van der Waals surface area contributed by atoms with Gasteiger partial charge in [0, 0.05) is 19.2 Å². The van der Waals surface area contributed by atoms with Crippen molar-refractivity contribution in [2.45, 2.75) is 24.5 Å². The zero-order valence-corrected chi connectivity index (χ0v) is 16.2. The van der Waals surface area contributed by atoms with E-state index in [9.17, 15) is 9.59 Å². The number of rotatable bonds is 9. The van der Waals surface area contributed by atoms with Gasteiger partial charge in [0.1, 0.15) is 5.75 Å². The van der Waals surface area contributed by atoms with Crippen LogP contribution < -0.4 is 10.1 Å². The van der Waals surface area contributed by atoms with Crippen molar-refractivity contribution < 1.29 is 19.4 Å². The molecule has 0 unspecified atom stereocenters. The second-order valence-electron chi connectivity index (χ2n) is 6.08. The molecule has 3 aromatic rings. The first-order chi connectivity index (χ1) is 13.6. The number of aromatic nitrogens is 2. The van der Waals surface area contributed by atoms with Crippen LogP contribution in [0.25, 0.3) is 5.52 Å². The molecule has 0 saturated heterocycles. The van der Waals surface area contributed by atoms with Crippen LogP contribution in [-0.4, -0.2) is 39.2 Å². The van der Waals surface area contributed by atoms with Crippen molar-refractivity contribution in [2.24, 2.45) is 0 Å². The molecule has 8 heteroatoms. The molecule has 0 aliphatic rings. The number of imidazole rings is 1. The molecule has 28 heavy (non-hydrogen) atoms. The molecule has 3 rings (SSSR count). The van der Waals surface area contributed by atoms with Crippen LogP contribution in [0.15, 0.2) is 53.8 Å². The number of fused-ring (bicyclic) bond motifs is 1. The van der Waals surface area contributed by atoms with Crippen LogP contribution in [0.3, 0.4) is 0 Å². The molecule has 2 heterocycles. The molecule has 0 aliphatic carbocycles. The van der Waals surface area contributed by atoms with Gasteiger partial charge >= 0.3 is 5.97 Å². The molecule has 0 saturated carbocycles. The number of thioether (sulfide) groups is 1. The molecule has 7 nitrogen and oxygen atoms in total. The van der Waals surface area contributed by atoms with Gasteiger partial charge in [-0.1, -0.05) is 30.0 Å². The summed E-state index contributed by atoms with van der Waals surface area (Å²) in [4.78, 5) is 27.5. The van der Waals surface area contributed by atoms with Gasteiger partial charge in [-0.05, 0) is 42.5 Å². The van der Waals surface area contributed by atoms with E-state index in [0.717, 1.165) is 16.2 Å². The molecule has 2 aromatic heterocycles. The molecule has 146 valence electrons. The maximum Gasteiger partial charge on any atom is 0.303 e. The number of amides is 1. The van der Waals surface area contributed by atoms with E-state index in [0.29, 0.717) is 31.0 Å². The summed E-state index contributed by atoms with van der Waals surface area (Å²) in [7, 11) is 0. The zero-order valence-electron chi connectivity index (χ0n) is 15.4. The van der Waals surface area contributed by atoms with Crippen molar-refractivity contribution in [2.75, 3.05) is 12.9 Å². The third-order valence-electron chi connectivity index (χ3n) is 4.09. The minimum Gasteiger partial charge on any atom is -0.494 e. The van der Waals surface area contributed by atoms with Crippen LogP contribution in [-0.2, 0) is 11.3 Å². The second kappa shape index (κ2) is 9.27. The maximum absolute atomic E-state index is 12.6. The van der Waals surface area contributed by atoms with Crippen molar-refractivity contribution >= 4 is 29.2 Å². The van der Waals surface area contributed by atoms with Crippen LogP contribution in [0.5, 0.6) is 5.75 Å². The number of hydrogen-bond donors (Lipinski definition) is 2. The molecule has 0 fully saturated rings. The fraction of sp³-hybridized carbons (Fsp3) is 0.250. The Hall–Kier alpha value is -3.00.